The van der Waals surface area contributed by atoms with E-state index in [2.05, 4.69) is 0 Å². The molecular formula is C22H27ClFNO3. The highest BCUT2D eigenvalue weighted by Gasteiger charge is 2.36. The maximum atomic E-state index is 14.0. The lowest BCUT2D eigenvalue weighted by atomic mass is 9.82. The fraction of sp³-hybridized carbons (Fsp3) is 0.409. The Morgan fingerprint density at radius 2 is 1.93 bits per heavy atom. The molecule has 0 aliphatic heterocycles. The predicted molar refractivity (Wildman–Crippen MR) is 110 cm³/mol. The van der Waals surface area contributed by atoms with Crippen molar-refractivity contribution in [2.24, 2.45) is 11.1 Å². The maximum Gasteiger partial charge on any atom is 0.314 e. The van der Waals surface area contributed by atoms with Crippen LogP contribution in [0, 0.1) is 11.2 Å². The molecule has 28 heavy (non-hydrogen) atoms. The van der Waals surface area contributed by atoms with Gasteiger partial charge in [-0.05, 0) is 56.0 Å². The smallest absolute Gasteiger partial charge is 0.314 e. The highest BCUT2D eigenvalue weighted by atomic mass is 35.5. The Labute approximate surface area is 170 Å². The largest absolute Gasteiger partial charge is 0.466 e. The minimum absolute atomic E-state index is 0.243. The third-order valence-electron chi connectivity index (χ3n) is 4.64. The molecule has 0 aliphatic rings. The summed E-state index contributed by atoms with van der Waals surface area (Å²) in [6, 6.07) is 11.7. The van der Waals surface area contributed by atoms with Gasteiger partial charge in [-0.15, -0.1) is 0 Å². The number of benzene rings is 2. The lowest BCUT2D eigenvalue weighted by molar-refractivity contribution is -0.158. The second-order valence-corrected chi connectivity index (χ2v) is 7.64. The molecule has 0 amide bonds. The standard InChI is InChI=1S/C22H27ClFNO3/c1-4-28-21(26)22(2,14-27-3)13-18(25)11-15-5-7-16(8-6-15)19-12-17(23)9-10-20(19)24/h5-10,12,18H,4,11,13-14,25H2,1-3H3. The molecule has 0 spiro atoms. The van der Waals surface area contributed by atoms with Gasteiger partial charge in [-0.25, -0.2) is 4.39 Å². The van der Waals surface area contributed by atoms with Gasteiger partial charge in [0.15, 0.2) is 0 Å². The second-order valence-electron chi connectivity index (χ2n) is 7.20. The van der Waals surface area contributed by atoms with E-state index in [-0.39, 0.29) is 24.4 Å². The Kier molecular flexibility index (Phi) is 7.98. The fourth-order valence-corrected chi connectivity index (χ4v) is 3.49. The first-order valence-electron chi connectivity index (χ1n) is 9.25. The Morgan fingerprint density at radius 1 is 1.25 bits per heavy atom. The van der Waals surface area contributed by atoms with Crippen LogP contribution in [-0.2, 0) is 20.7 Å². The van der Waals surface area contributed by atoms with Crippen molar-refractivity contribution >= 4 is 17.6 Å². The van der Waals surface area contributed by atoms with Gasteiger partial charge in [-0.3, -0.25) is 4.79 Å². The van der Waals surface area contributed by atoms with E-state index in [1.54, 1.807) is 27.0 Å². The van der Waals surface area contributed by atoms with Crippen molar-refractivity contribution in [2.75, 3.05) is 20.3 Å². The van der Waals surface area contributed by atoms with E-state index in [4.69, 9.17) is 26.8 Å². The van der Waals surface area contributed by atoms with E-state index in [9.17, 15) is 9.18 Å². The molecule has 0 fully saturated rings. The molecule has 2 atom stereocenters. The highest BCUT2D eigenvalue weighted by Crippen LogP contribution is 2.28. The summed E-state index contributed by atoms with van der Waals surface area (Å²) >= 11 is 5.97. The quantitative estimate of drug-likeness (QED) is 0.616. The molecule has 2 unspecified atom stereocenters. The summed E-state index contributed by atoms with van der Waals surface area (Å²) in [5.41, 5.74) is 7.71. The first kappa shape index (κ1) is 22.3. The molecule has 2 N–H and O–H groups in total. The number of methoxy groups -OCH3 is 1. The number of esters is 1. The molecule has 0 aromatic heterocycles. The molecule has 2 aromatic rings. The van der Waals surface area contributed by atoms with Crippen LogP contribution in [-0.4, -0.2) is 32.3 Å². The van der Waals surface area contributed by atoms with Gasteiger partial charge in [-0.2, -0.15) is 0 Å². The number of hydrogen-bond acceptors (Lipinski definition) is 4. The number of halogens is 2. The molecule has 0 saturated heterocycles. The van der Waals surface area contributed by atoms with Gasteiger partial charge >= 0.3 is 5.97 Å². The van der Waals surface area contributed by atoms with Crippen LogP contribution in [0.1, 0.15) is 25.8 Å². The van der Waals surface area contributed by atoms with Crippen LogP contribution in [0.4, 0.5) is 4.39 Å². The molecule has 0 saturated carbocycles. The van der Waals surface area contributed by atoms with Crippen molar-refractivity contribution in [1.29, 1.82) is 0 Å². The number of carbonyl (C=O) groups excluding carboxylic acids is 1. The van der Waals surface area contributed by atoms with E-state index in [1.807, 2.05) is 24.3 Å². The van der Waals surface area contributed by atoms with Crippen LogP contribution in [0.3, 0.4) is 0 Å². The van der Waals surface area contributed by atoms with E-state index >= 15 is 0 Å². The van der Waals surface area contributed by atoms with Crippen LogP contribution >= 0.6 is 11.6 Å². The Bertz CT molecular complexity index is 797. The van der Waals surface area contributed by atoms with Crippen molar-refractivity contribution < 1.29 is 18.7 Å². The molecular weight excluding hydrogens is 381 g/mol. The first-order valence-corrected chi connectivity index (χ1v) is 9.63. The third kappa shape index (κ3) is 5.77. The van der Waals surface area contributed by atoms with Gasteiger partial charge in [0.05, 0.1) is 18.6 Å². The van der Waals surface area contributed by atoms with E-state index in [0.717, 1.165) is 11.1 Å². The molecule has 0 radical (unpaired) electrons. The summed E-state index contributed by atoms with van der Waals surface area (Å²) in [5.74, 6) is -0.627. The van der Waals surface area contributed by atoms with Gasteiger partial charge in [0.2, 0.25) is 0 Å². The molecule has 0 aliphatic carbocycles. The highest BCUT2D eigenvalue weighted by molar-refractivity contribution is 6.30. The van der Waals surface area contributed by atoms with Crippen LogP contribution in [0.2, 0.25) is 5.02 Å². The zero-order valence-electron chi connectivity index (χ0n) is 16.5. The van der Waals surface area contributed by atoms with Gasteiger partial charge in [-0.1, -0.05) is 35.9 Å². The van der Waals surface area contributed by atoms with E-state index in [0.29, 0.717) is 30.0 Å². The van der Waals surface area contributed by atoms with Crippen molar-refractivity contribution in [3.8, 4) is 11.1 Å². The second kappa shape index (κ2) is 10.0. The molecule has 0 bridgehead atoms. The lowest BCUT2D eigenvalue weighted by Crippen LogP contribution is -2.41. The average Bonchev–Trinajstić information content (AvgIpc) is 2.64. The molecule has 152 valence electrons. The Morgan fingerprint density at radius 3 is 2.54 bits per heavy atom. The van der Waals surface area contributed by atoms with Crippen LogP contribution < -0.4 is 5.73 Å². The first-order chi connectivity index (χ1) is 13.3. The number of rotatable bonds is 9. The minimum atomic E-state index is -0.798. The number of hydrogen-bond donors (Lipinski definition) is 1. The van der Waals surface area contributed by atoms with Gasteiger partial charge in [0.1, 0.15) is 5.82 Å². The van der Waals surface area contributed by atoms with Crippen molar-refractivity contribution in [3.63, 3.8) is 0 Å². The third-order valence-corrected chi connectivity index (χ3v) is 4.87. The maximum absolute atomic E-state index is 14.0. The van der Waals surface area contributed by atoms with Gasteiger partial charge < -0.3 is 15.2 Å². The monoisotopic (exact) mass is 407 g/mol. The summed E-state index contributed by atoms with van der Waals surface area (Å²) in [5, 5.41) is 0.485. The van der Waals surface area contributed by atoms with Crippen molar-refractivity contribution in [2.45, 2.75) is 32.7 Å². The Hall–Kier alpha value is -1.95. The zero-order valence-corrected chi connectivity index (χ0v) is 17.3. The van der Waals surface area contributed by atoms with Crippen LogP contribution in [0.15, 0.2) is 42.5 Å². The van der Waals surface area contributed by atoms with Crippen molar-refractivity contribution in [3.05, 3.63) is 58.9 Å². The fourth-order valence-electron chi connectivity index (χ4n) is 3.32. The molecule has 0 heterocycles. The van der Waals surface area contributed by atoms with Crippen LogP contribution in [0.25, 0.3) is 11.1 Å². The SMILES string of the molecule is CCOC(=O)C(C)(COC)CC(N)Cc1ccc(-c2cc(Cl)ccc2F)cc1. The normalized spacial score (nSPS) is 14.4. The summed E-state index contributed by atoms with van der Waals surface area (Å²) < 4.78 is 24.4. The van der Waals surface area contributed by atoms with Gasteiger partial charge in [0, 0.05) is 23.7 Å². The molecule has 2 aromatic carbocycles. The molecule has 2 rings (SSSR count). The molecule has 4 nitrogen and oxygen atoms in total. The zero-order chi connectivity index (χ0) is 20.7. The number of carbonyl (C=O) groups is 1. The summed E-state index contributed by atoms with van der Waals surface area (Å²) in [6.45, 7) is 4.14. The topological polar surface area (TPSA) is 61.5 Å². The summed E-state index contributed by atoms with van der Waals surface area (Å²) in [7, 11) is 1.55. The lowest BCUT2D eigenvalue weighted by Gasteiger charge is -2.29. The Balaban J connectivity index is 2.08. The summed E-state index contributed by atoms with van der Waals surface area (Å²) in [6.07, 6.45) is 1.02. The number of ether oxygens (including phenoxy) is 2. The van der Waals surface area contributed by atoms with E-state index in [1.165, 1.54) is 12.1 Å². The van der Waals surface area contributed by atoms with Crippen molar-refractivity contribution in [1.82, 2.24) is 0 Å². The minimum Gasteiger partial charge on any atom is -0.466 e. The van der Waals surface area contributed by atoms with Crippen LogP contribution in [0.5, 0.6) is 0 Å². The van der Waals surface area contributed by atoms with Gasteiger partial charge in [0.25, 0.3) is 0 Å². The molecule has 6 heteroatoms. The van der Waals surface area contributed by atoms with E-state index < -0.39 is 5.41 Å². The summed E-state index contributed by atoms with van der Waals surface area (Å²) in [4.78, 5) is 12.3. The predicted octanol–water partition coefficient (Wildman–Crippen LogP) is 4.62. The number of nitrogens with two attached hydrogens (primary N) is 1. The average molecular weight is 408 g/mol.